The molecule has 0 amide bonds. The van der Waals surface area contributed by atoms with Gasteiger partial charge in [-0.3, -0.25) is 0 Å². The Kier molecular flexibility index (Phi) is 9.38. The number of nitrogens with one attached hydrogen (secondary N) is 2. The second-order valence-corrected chi connectivity index (χ2v) is 7.70. The van der Waals surface area contributed by atoms with Crippen LogP contribution in [0.25, 0.3) is 0 Å². The third-order valence-electron chi connectivity index (χ3n) is 3.99. The minimum Gasteiger partial charge on any atom is -0.492 e. The SMILES string of the molecule is CCNC(=NCc1ccccc1OCCN(C)C)NCCc1nc(C(F)(F)F)cs1. The van der Waals surface area contributed by atoms with Crippen LogP contribution >= 0.6 is 11.3 Å². The van der Waals surface area contributed by atoms with Crippen LogP contribution in [0.5, 0.6) is 5.75 Å². The molecule has 1 heterocycles. The molecule has 0 aliphatic carbocycles. The van der Waals surface area contributed by atoms with Crippen molar-refractivity contribution in [2.45, 2.75) is 26.1 Å². The highest BCUT2D eigenvalue weighted by atomic mass is 32.1. The molecule has 0 aliphatic rings. The summed E-state index contributed by atoms with van der Waals surface area (Å²) in [6.45, 7) is 4.86. The number of alkyl halides is 3. The molecule has 10 heteroatoms. The van der Waals surface area contributed by atoms with Crippen LogP contribution < -0.4 is 15.4 Å². The van der Waals surface area contributed by atoms with Gasteiger partial charge in [-0.1, -0.05) is 18.2 Å². The van der Waals surface area contributed by atoms with Gasteiger partial charge in [0.1, 0.15) is 12.4 Å². The quantitative estimate of drug-likeness (QED) is 0.435. The third kappa shape index (κ3) is 8.19. The summed E-state index contributed by atoms with van der Waals surface area (Å²) >= 11 is 1.01. The molecule has 0 unspecified atom stereocenters. The van der Waals surface area contributed by atoms with Crippen molar-refractivity contribution in [3.05, 3.63) is 45.9 Å². The fourth-order valence-corrected chi connectivity index (χ4v) is 3.27. The van der Waals surface area contributed by atoms with Crippen LogP contribution in [0.1, 0.15) is 23.2 Å². The van der Waals surface area contributed by atoms with E-state index in [1.54, 1.807) is 0 Å². The Morgan fingerprint density at radius 1 is 1.23 bits per heavy atom. The highest BCUT2D eigenvalue weighted by Crippen LogP contribution is 2.30. The molecule has 0 fully saturated rings. The molecule has 0 aliphatic heterocycles. The molecule has 0 spiro atoms. The van der Waals surface area contributed by atoms with E-state index in [4.69, 9.17) is 4.74 Å². The normalized spacial score (nSPS) is 12.3. The molecule has 0 bridgehead atoms. The maximum absolute atomic E-state index is 12.7. The molecule has 1 aromatic carbocycles. The summed E-state index contributed by atoms with van der Waals surface area (Å²) in [5.74, 6) is 1.38. The van der Waals surface area contributed by atoms with Gasteiger partial charge in [0, 0.05) is 37.0 Å². The Morgan fingerprint density at radius 2 is 2.00 bits per heavy atom. The number of thiazole rings is 1. The van der Waals surface area contributed by atoms with Crippen molar-refractivity contribution >= 4 is 17.3 Å². The van der Waals surface area contributed by atoms with Gasteiger partial charge in [0.15, 0.2) is 11.7 Å². The number of aromatic nitrogens is 1. The molecule has 2 aromatic rings. The Hall–Kier alpha value is -2.33. The first kappa shape index (κ1) is 23.9. The van der Waals surface area contributed by atoms with E-state index in [0.29, 0.717) is 43.6 Å². The van der Waals surface area contributed by atoms with Crippen LogP contribution in [0.3, 0.4) is 0 Å². The zero-order valence-electron chi connectivity index (χ0n) is 17.4. The van der Waals surface area contributed by atoms with Gasteiger partial charge in [-0.25, -0.2) is 9.98 Å². The summed E-state index contributed by atoms with van der Waals surface area (Å²) in [7, 11) is 3.98. The average molecular weight is 444 g/mol. The number of aliphatic imine (C=N–C) groups is 1. The number of hydrogen-bond donors (Lipinski definition) is 2. The summed E-state index contributed by atoms with van der Waals surface area (Å²) in [4.78, 5) is 10.3. The Bertz CT molecular complexity index is 808. The molecule has 6 nitrogen and oxygen atoms in total. The van der Waals surface area contributed by atoms with Crippen molar-refractivity contribution in [1.29, 1.82) is 0 Å². The van der Waals surface area contributed by atoms with Crippen LogP contribution in [-0.4, -0.2) is 56.2 Å². The lowest BCUT2D eigenvalue weighted by atomic mass is 10.2. The largest absolute Gasteiger partial charge is 0.492 e. The van der Waals surface area contributed by atoms with E-state index in [9.17, 15) is 13.2 Å². The number of ether oxygens (including phenoxy) is 1. The number of rotatable bonds is 10. The van der Waals surface area contributed by atoms with E-state index in [1.807, 2.05) is 50.2 Å². The zero-order chi connectivity index (χ0) is 22.0. The van der Waals surface area contributed by atoms with E-state index >= 15 is 0 Å². The Labute approximate surface area is 179 Å². The second kappa shape index (κ2) is 11.8. The maximum atomic E-state index is 12.7. The molecular weight excluding hydrogens is 415 g/mol. The van der Waals surface area contributed by atoms with E-state index in [-0.39, 0.29) is 0 Å². The van der Waals surface area contributed by atoms with E-state index < -0.39 is 11.9 Å². The first-order chi connectivity index (χ1) is 14.3. The lowest BCUT2D eigenvalue weighted by molar-refractivity contribution is -0.140. The van der Waals surface area contributed by atoms with Crippen molar-refractivity contribution in [2.24, 2.45) is 4.99 Å². The number of halogens is 3. The Morgan fingerprint density at radius 3 is 2.67 bits per heavy atom. The highest BCUT2D eigenvalue weighted by molar-refractivity contribution is 7.09. The van der Waals surface area contributed by atoms with Crippen molar-refractivity contribution in [1.82, 2.24) is 20.5 Å². The van der Waals surface area contributed by atoms with Gasteiger partial charge in [0.25, 0.3) is 0 Å². The number of guanidine groups is 1. The Balaban J connectivity index is 1.92. The van der Waals surface area contributed by atoms with E-state index in [2.05, 4.69) is 20.6 Å². The van der Waals surface area contributed by atoms with Crippen molar-refractivity contribution in [3.8, 4) is 5.75 Å². The predicted octanol–water partition coefficient (Wildman–Crippen LogP) is 3.40. The van der Waals surface area contributed by atoms with Crippen LogP contribution in [-0.2, 0) is 19.1 Å². The lowest BCUT2D eigenvalue weighted by Crippen LogP contribution is -2.38. The van der Waals surface area contributed by atoms with Crippen molar-refractivity contribution in [2.75, 3.05) is 40.3 Å². The molecule has 0 saturated heterocycles. The van der Waals surface area contributed by atoms with Gasteiger partial charge in [0.2, 0.25) is 0 Å². The van der Waals surface area contributed by atoms with Gasteiger partial charge in [-0.05, 0) is 27.1 Å². The minimum absolute atomic E-state index is 0.384. The van der Waals surface area contributed by atoms with Gasteiger partial charge >= 0.3 is 6.18 Å². The van der Waals surface area contributed by atoms with Crippen LogP contribution in [0.2, 0.25) is 0 Å². The molecule has 2 rings (SSSR count). The monoisotopic (exact) mass is 443 g/mol. The fourth-order valence-electron chi connectivity index (χ4n) is 2.46. The molecule has 0 atom stereocenters. The number of nitrogens with zero attached hydrogens (tertiary/aromatic N) is 3. The number of benzene rings is 1. The van der Waals surface area contributed by atoms with Gasteiger partial charge < -0.3 is 20.3 Å². The smallest absolute Gasteiger partial charge is 0.434 e. The van der Waals surface area contributed by atoms with E-state index in [0.717, 1.165) is 34.6 Å². The summed E-state index contributed by atoms with van der Waals surface area (Å²) in [5, 5.41) is 7.76. The summed E-state index contributed by atoms with van der Waals surface area (Å²) in [6.07, 6.45) is -4.02. The molecule has 2 N–H and O–H groups in total. The molecule has 166 valence electrons. The standard InChI is InChI=1S/C20H28F3N5OS/c1-4-24-19(25-10-9-18-27-17(14-30-18)20(21,22)23)26-13-15-7-5-6-8-16(15)29-12-11-28(2)3/h5-8,14H,4,9-13H2,1-3H3,(H2,24,25,26). The zero-order valence-corrected chi connectivity index (χ0v) is 18.2. The van der Waals surface area contributed by atoms with Gasteiger partial charge in [-0.2, -0.15) is 13.2 Å². The second-order valence-electron chi connectivity index (χ2n) is 6.76. The number of para-hydroxylation sites is 1. The molecular formula is C20H28F3N5OS. The van der Waals surface area contributed by atoms with Crippen LogP contribution in [0, 0.1) is 0 Å². The van der Waals surface area contributed by atoms with E-state index in [1.165, 1.54) is 0 Å². The maximum Gasteiger partial charge on any atom is 0.434 e. The predicted molar refractivity (Wildman–Crippen MR) is 114 cm³/mol. The topological polar surface area (TPSA) is 61.8 Å². The van der Waals surface area contributed by atoms with Gasteiger partial charge in [0.05, 0.1) is 11.6 Å². The third-order valence-corrected chi connectivity index (χ3v) is 4.90. The first-order valence-corrected chi connectivity index (χ1v) is 10.6. The van der Waals surface area contributed by atoms with Crippen LogP contribution in [0.15, 0.2) is 34.6 Å². The number of likely N-dealkylation sites (N-methyl/N-ethyl adjacent to an activating group) is 1. The number of hydrogen-bond acceptors (Lipinski definition) is 5. The molecule has 1 aromatic heterocycles. The van der Waals surface area contributed by atoms with Gasteiger partial charge in [-0.15, -0.1) is 11.3 Å². The minimum atomic E-state index is -4.40. The summed E-state index contributed by atoms with van der Waals surface area (Å²) < 4.78 is 43.8. The van der Waals surface area contributed by atoms with Crippen LogP contribution in [0.4, 0.5) is 13.2 Å². The molecule has 0 radical (unpaired) electrons. The molecule has 0 saturated carbocycles. The lowest BCUT2D eigenvalue weighted by Gasteiger charge is -2.14. The van der Waals surface area contributed by atoms with Crippen molar-refractivity contribution < 1.29 is 17.9 Å². The van der Waals surface area contributed by atoms with Crippen molar-refractivity contribution in [3.63, 3.8) is 0 Å². The molecule has 30 heavy (non-hydrogen) atoms. The highest BCUT2D eigenvalue weighted by Gasteiger charge is 2.33. The summed E-state index contributed by atoms with van der Waals surface area (Å²) in [5.41, 5.74) is 0.122. The summed E-state index contributed by atoms with van der Waals surface area (Å²) in [6, 6.07) is 7.74. The average Bonchev–Trinajstić information content (AvgIpc) is 3.16. The fraction of sp³-hybridized carbons (Fsp3) is 0.500. The first-order valence-electron chi connectivity index (χ1n) is 9.68.